The van der Waals surface area contributed by atoms with Gasteiger partial charge in [0.15, 0.2) is 0 Å². The largest absolute Gasteiger partial charge is 0.496 e. The van der Waals surface area contributed by atoms with Crippen LogP contribution in [0.1, 0.15) is 55.5 Å². The second kappa shape index (κ2) is 7.95. The van der Waals surface area contributed by atoms with Gasteiger partial charge >= 0.3 is 0 Å². The molecule has 5 atom stereocenters. The van der Waals surface area contributed by atoms with Gasteiger partial charge in [-0.3, -0.25) is 9.59 Å². The third-order valence-electron chi connectivity index (χ3n) is 8.18. The molecule has 1 saturated carbocycles. The summed E-state index contributed by atoms with van der Waals surface area (Å²) >= 11 is 0. The van der Waals surface area contributed by atoms with E-state index >= 15 is 0 Å². The van der Waals surface area contributed by atoms with Gasteiger partial charge in [-0.2, -0.15) is 0 Å². The lowest BCUT2D eigenvalue weighted by atomic mass is 9.64. The molecule has 3 aliphatic rings. The Hall–Kier alpha value is -2.82. The van der Waals surface area contributed by atoms with Crippen molar-refractivity contribution in [2.45, 2.75) is 70.1 Å². The Labute approximate surface area is 190 Å². The average Bonchev–Trinajstić information content (AvgIpc) is 3.11. The third-order valence-corrected chi connectivity index (χ3v) is 8.18. The second-order valence-corrected chi connectivity index (χ2v) is 9.84. The van der Waals surface area contributed by atoms with Crippen LogP contribution >= 0.6 is 0 Å². The van der Waals surface area contributed by atoms with Gasteiger partial charge in [0.25, 0.3) is 5.91 Å². The number of ether oxygens (including phenoxy) is 1. The summed E-state index contributed by atoms with van der Waals surface area (Å²) in [4.78, 5) is 31.3. The third kappa shape index (κ3) is 3.13. The normalized spacial score (nSPS) is 30.8. The summed E-state index contributed by atoms with van der Waals surface area (Å²) in [5.41, 5.74) is 1.75. The van der Waals surface area contributed by atoms with E-state index in [0.717, 1.165) is 32.1 Å². The van der Waals surface area contributed by atoms with Crippen LogP contribution in [-0.4, -0.2) is 52.9 Å². The zero-order chi connectivity index (χ0) is 22.5. The fourth-order valence-corrected chi connectivity index (χ4v) is 6.89. The van der Waals surface area contributed by atoms with E-state index in [1.54, 1.807) is 14.0 Å². The van der Waals surface area contributed by atoms with Gasteiger partial charge in [0.2, 0.25) is 5.91 Å². The first-order valence-electron chi connectivity index (χ1n) is 11.7. The van der Waals surface area contributed by atoms with Crippen LogP contribution < -0.4 is 4.74 Å². The molecule has 2 bridgehead atoms. The van der Waals surface area contributed by atoms with Crippen molar-refractivity contribution in [2.24, 2.45) is 5.41 Å². The topological polar surface area (TPSA) is 49.9 Å². The minimum absolute atomic E-state index is 0.000804. The van der Waals surface area contributed by atoms with Gasteiger partial charge < -0.3 is 14.5 Å². The fourth-order valence-electron chi connectivity index (χ4n) is 6.89. The average molecular weight is 433 g/mol. The molecule has 0 unspecified atom stereocenters. The lowest BCUT2D eigenvalue weighted by molar-refractivity contribution is -0.142. The molecule has 5 nitrogen and oxygen atoms in total. The van der Waals surface area contributed by atoms with Gasteiger partial charge in [-0.25, -0.2) is 0 Å². The molecule has 0 radical (unpaired) electrons. The second-order valence-electron chi connectivity index (χ2n) is 9.84. The first-order chi connectivity index (χ1) is 15.5. The number of amides is 2. The Morgan fingerprint density at radius 1 is 1.00 bits per heavy atom. The minimum Gasteiger partial charge on any atom is -0.496 e. The molecular weight excluding hydrogens is 400 g/mol. The molecule has 2 heterocycles. The number of fused-ring (bicyclic) bond motifs is 1. The highest BCUT2D eigenvalue weighted by Crippen LogP contribution is 2.57. The van der Waals surface area contributed by atoms with Crippen LogP contribution in [0.4, 0.5) is 0 Å². The molecule has 0 spiro atoms. The Bertz CT molecular complexity index is 1020. The summed E-state index contributed by atoms with van der Waals surface area (Å²) in [6.07, 6.45) is 4.76. The Morgan fingerprint density at radius 3 is 2.34 bits per heavy atom. The number of methoxy groups -OCH3 is 1. The van der Waals surface area contributed by atoms with Crippen molar-refractivity contribution < 1.29 is 14.3 Å². The summed E-state index contributed by atoms with van der Waals surface area (Å²) in [6, 6.07) is 18.2. The van der Waals surface area contributed by atoms with Crippen LogP contribution in [0, 0.1) is 5.41 Å². The van der Waals surface area contributed by atoms with Crippen molar-refractivity contribution in [2.75, 3.05) is 7.11 Å². The lowest BCUT2D eigenvalue weighted by Gasteiger charge is -2.52. The molecule has 2 aromatic carbocycles. The maximum absolute atomic E-state index is 14.0. The molecule has 32 heavy (non-hydrogen) atoms. The first-order valence-corrected chi connectivity index (χ1v) is 11.7. The van der Waals surface area contributed by atoms with E-state index < -0.39 is 0 Å². The van der Waals surface area contributed by atoms with Gasteiger partial charge in [0.1, 0.15) is 5.75 Å². The van der Waals surface area contributed by atoms with Gasteiger partial charge in [-0.1, -0.05) is 49.4 Å². The van der Waals surface area contributed by atoms with Crippen molar-refractivity contribution in [1.29, 1.82) is 0 Å². The highest BCUT2D eigenvalue weighted by Gasteiger charge is 2.64. The SMILES string of the molecule is COc1ccccc1C(=O)N1[C@H]2CCC[C@H]3N(C(C)=O)[C@@H](Cc4ccccc4)[C@@H]1C[C@@]23C. The molecule has 2 saturated heterocycles. The number of likely N-dealkylation sites (tertiary alicyclic amines) is 2. The molecule has 1 aliphatic carbocycles. The Balaban J connectivity index is 1.60. The molecule has 2 amide bonds. The van der Waals surface area contributed by atoms with Crippen molar-refractivity contribution in [1.82, 2.24) is 9.80 Å². The van der Waals surface area contributed by atoms with Crippen LogP contribution in [0.2, 0.25) is 0 Å². The molecular formula is C27H32N2O3. The highest BCUT2D eigenvalue weighted by atomic mass is 16.5. The number of benzene rings is 2. The van der Waals surface area contributed by atoms with Crippen LogP contribution in [0.15, 0.2) is 54.6 Å². The fraction of sp³-hybridized carbons (Fsp3) is 0.481. The van der Waals surface area contributed by atoms with Crippen LogP contribution in [-0.2, 0) is 11.2 Å². The molecule has 168 valence electrons. The number of rotatable bonds is 4. The smallest absolute Gasteiger partial charge is 0.258 e. The zero-order valence-corrected chi connectivity index (χ0v) is 19.2. The van der Waals surface area contributed by atoms with E-state index in [2.05, 4.69) is 28.9 Å². The maximum atomic E-state index is 14.0. The van der Waals surface area contributed by atoms with E-state index in [4.69, 9.17) is 4.74 Å². The predicted molar refractivity (Wildman–Crippen MR) is 124 cm³/mol. The van der Waals surface area contributed by atoms with E-state index in [9.17, 15) is 9.59 Å². The number of carbonyl (C=O) groups excluding carboxylic acids is 2. The summed E-state index contributed by atoms with van der Waals surface area (Å²) in [5.74, 6) is 0.767. The zero-order valence-electron chi connectivity index (χ0n) is 19.2. The molecule has 5 heteroatoms. The quantitative estimate of drug-likeness (QED) is 0.723. The maximum Gasteiger partial charge on any atom is 0.258 e. The van der Waals surface area contributed by atoms with E-state index in [0.29, 0.717) is 11.3 Å². The lowest BCUT2D eigenvalue weighted by Crippen LogP contribution is -2.62. The molecule has 0 aromatic heterocycles. The van der Waals surface area contributed by atoms with E-state index in [1.807, 2.05) is 42.5 Å². The standard InChI is InChI=1S/C27H32N2O3/c1-18(30)28-21(16-19-10-5-4-6-11-19)22-17-27(2)24(28)14-9-15-25(27)29(22)26(31)20-12-7-8-13-23(20)32-3/h4-8,10-13,21-22,24-25H,9,14-17H2,1-3H3/t21-,22-,24+,25-,27+/m0/s1. The van der Waals surface area contributed by atoms with Crippen molar-refractivity contribution in [3.63, 3.8) is 0 Å². The highest BCUT2D eigenvalue weighted by molar-refractivity contribution is 5.98. The van der Waals surface area contributed by atoms with Gasteiger partial charge in [0, 0.05) is 24.4 Å². The summed E-state index contributed by atoms with van der Waals surface area (Å²) in [5, 5.41) is 0. The minimum atomic E-state index is -0.0700. The van der Waals surface area contributed by atoms with Crippen LogP contribution in [0.5, 0.6) is 5.75 Å². The summed E-state index contributed by atoms with van der Waals surface area (Å²) < 4.78 is 5.54. The van der Waals surface area contributed by atoms with E-state index in [1.165, 1.54) is 5.56 Å². The molecule has 2 aromatic rings. The molecule has 0 N–H and O–H groups in total. The number of carbonyl (C=O) groups is 2. The summed E-state index contributed by atoms with van der Waals surface area (Å²) in [6.45, 7) is 4.00. The number of hydrogen-bond acceptors (Lipinski definition) is 3. The number of nitrogens with zero attached hydrogens (tertiary/aromatic N) is 2. The predicted octanol–water partition coefficient (Wildman–Crippen LogP) is 4.31. The Morgan fingerprint density at radius 2 is 1.66 bits per heavy atom. The van der Waals surface area contributed by atoms with Gasteiger partial charge in [-0.05, 0) is 49.8 Å². The molecule has 2 aliphatic heterocycles. The van der Waals surface area contributed by atoms with Crippen molar-refractivity contribution in [3.8, 4) is 5.75 Å². The van der Waals surface area contributed by atoms with Crippen molar-refractivity contribution >= 4 is 11.8 Å². The monoisotopic (exact) mass is 432 g/mol. The number of hydrogen-bond donors (Lipinski definition) is 0. The number of piperidine rings is 1. The van der Waals surface area contributed by atoms with Crippen LogP contribution in [0.25, 0.3) is 0 Å². The van der Waals surface area contributed by atoms with E-state index in [-0.39, 0.29) is 41.4 Å². The first kappa shape index (κ1) is 21.0. The number of para-hydroxylation sites is 1. The summed E-state index contributed by atoms with van der Waals surface area (Å²) in [7, 11) is 1.61. The molecule has 3 fully saturated rings. The van der Waals surface area contributed by atoms with Crippen molar-refractivity contribution in [3.05, 3.63) is 65.7 Å². The van der Waals surface area contributed by atoms with Crippen LogP contribution in [0.3, 0.4) is 0 Å². The Kier molecular flexibility index (Phi) is 5.23. The van der Waals surface area contributed by atoms with Gasteiger partial charge in [0.05, 0.1) is 24.8 Å². The van der Waals surface area contributed by atoms with Gasteiger partial charge in [-0.15, -0.1) is 0 Å². The molecule has 5 rings (SSSR count).